The van der Waals surface area contributed by atoms with Crippen molar-refractivity contribution < 1.29 is 4.79 Å². The van der Waals surface area contributed by atoms with Gasteiger partial charge in [-0.2, -0.15) is 5.26 Å². The molecule has 70 valence electrons. The minimum Gasteiger partial charge on any atom is -0.376 e. The SMILES string of the molecule is N#CC(=CN1CCCCC1)C(N)=O. The fourth-order valence-corrected chi connectivity index (χ4v) is 1.38. The van der Waals surface area contributed by atoms with E-state index < -0.39 is 5.91 Å². The minimum atomic E-state index is -0.645. The van der Waals surface area contributed by atoms with Crippen LogP contribution in [-0.2, 0) is 4.79 Å². The van der Waals surface area contributed by atoms with Gasteiger partial charge < -0.3 is 10.6 Å². The van der Waals surface area contributed by atoms with Gasteiger partial charge in [-0.25, -0.2) is 0 Å². The van der Waals surface area contributed by atoms with Crippen LogP contribution >= 0.6 is 0 Å². The summed E-state index contributed by atoms with van der Waals surface area (Å²) in [5, 5.41) is 8.58. The van der Waals surface area contributed by atoms with E-state index >= 15 is 0 Å². The molecule has 0 saturated carbocycles. The Morgan fingerprint density at radius 2 is 2.00 bits per heavy atom. The van der Waals surface area contributed by atoms with Crippen LogP contribution in [-0.4, -0.2) is 23.9 Å². The van der Waals surface area contributed by atoms with Crippen molar-refractivity contribution in [3.05, 3.63) is 11.8 Å². The van der Waals surface area contributed by atoms with Crippen molar-refractivity contribution >= 4 is 5.91 Å². The van der Waals surface area contributed by atoms with E-state index in [1.165, 1.54) is 6.42 Å². The summed E-state index contributed by atoms with van der Waals surface area (Å²) in [6.07, 6.45) is 5.03. The summed E-state index contributed by atoms with van der Waals surface area (Å²) in [5.41, 5.74) is 5.05. The van der Waals surface area contributed by atoms with Crippen molar-refractivity contribution in [1.82, 2.24) is 4.90 Å². The van der Waals surface area contributed by atoms with E-state index in [4.69, 9.17) is 11.0 Å². The molecular formula is C9H13N3O. The Morgan fingerprint density at radius 1 is 1.38 bits per heavy atom. The maximum Gasteiger partial charge on any atom is 0.260 e. The van der Waals surface area contributed by atoms with Crippen molar-refractivity contribution in [2.75, 3.05) is 13.1 Å². The molecule has 1 heterocycles. The van der Waals surface area contributed by atoms with E-state index in [-0.39, 0.29) is 5.57 Å². The number of nitrogens with two attached hydrogens (primary N) is 1. The minimum absolute atomic E-state index is 0.0434. The quantitative estimate of drug-likeness (QED) is 0.491. The van der Waals surface area contributed by atoms with E-state index in [0.29, 0.717) is 0 Å². The number of carbonyl (C=O) groups is 1. The first-order chi connectivity index (χ1) is 6.24. The summed E-state index contributed by atoms with van der Waals surface area (Å²) in [6, 6.07) is 1.79. The number of nitriles is 1. The summed E-state index contributed by atoms with van der Waals surface area (Å²) < 4.78 is 0. The number of carbonyl (C=O) groups excluding carboxylic acids is 1. The highest BCUT2D eigenvalue weighted by Crippen LogP contribution is 2.09. The molecule has 1 rings (SSSR count). The second-order valence-corrected chi connectivity index (χ2v) is 3.12. The van der Waals surface area contributed by atoms with Crippen molar-refractivity contribution in [1.29, 1.82) is 5.26 Å². The zero-order chi connectivity index (χ0) is 9.68. The highest BCUT2D eigenvalue weighted by atomic mass is 16.1. The van der Waals surface area contributed by atoms with Gasteiger partial charge in [-0.05, 0) is 19.3 Å². The number of amides is 1. The summed E-state index contributed by atoms with van der Waals surface area (Å²) in [4.78, 5) is 12.7. The molecular weight excluding hydrogens is 166 g/mol. The zero-order valence-corrected chi connectivity index (χ0v) is 7.49. The van der Waals surface area contributed by atoms with Crippen molar-refractivity contribution in [3.63, 3.8) is 0 Å². The Kier molecular flexibility index (Phi) is 3.32. The summed E-state index contributed by atoms with van der Waals surface area (Å²) >= 11 is 0. The number of primary amides is 1. The lowest BCUT2D eigenvalue weighted by Crippen LogP contribution is -2.26. The maximum atomic E-state index is 10.7. The van der Waals surface area contributed by atoms with E-state index in [2.05, 4.69) is 0 Å². The summed E-state index contributed by atoms with van der Waals surface area (Å²) in [5.74, 6) is -0.645. The molecule has 2 N–H and O–H groups in total. The molecule has 4 nitrogen and oxygen atoms in total. The van der Waals surface area contributed by atoms with Gasteiger partial charge in [0, 0.05) is 19.3 Å². The maximum absolute atomic E-state index is 10.7. The molecule has 0 aromatic rings. The van der Waals surface area contributed by atoms with Gasteiger partial charge in [0.25, 0.3) is 5.91 Å². The van der Waals surface area contributed by atoms with Gasteiger partial charge in [0.05, 0.1) is 0 Å². The molecule has 1 amide bonds. The predicted molar refractivity (Wildman–Crippen MR) is 48.3 cm³/mol. The first-order valence-corrected chi connectivity index (χ1v) is 4.40. The number of rotatable bonds is 2. The van der Waals surface area contributed by atoms with Crippen LogP contribution in [0.5, 0.6) is 0 Å². The lowest BCUT2D eigenvalue weighted by atomic mass is 10.1. The number of nitrogens with zero attached hydrogens (tertiary/aromatic N) is 2. The number of piperidine rings is 1. The van der Waals surface area contributed by atoms with Crippen LogP contribution in [0.1, 0.15) is 19.3 Å². The normalized spacial score (nSPS) is 18.1. The van der Waals surface area contributed by atoms with Gasteiger partial charge in [-0.3, -0.25) is 4.79 Å². The van der Waals surface area contributed by atoms with E-state index in [1.54, 1.807) is 12.3 Å². The smallest absolute Gasteiger partial charge is 0.260 e. The monoisotopic (exact) mass is 179 g/mol. The van der Waals surface area contributed by atoms with Crippen LogP contribution < -0.4 is 5.73 Å². The van der Waals surface area contributed by atoms with Crippen LogP contribution in [0, 0.1) is 11.3 Å². The van der Waals surface area contributed by atoms with Crippen LogP contribution in [0.15, 0.2) is 11.8 Å². The fourth-order valence-electron chi connectivity index (χ4n) is 1.38. The van der Waals surface area contributed by atoms with Gasteiger partial charge in [0.1, 0.15) is 11.6 Å². The Balaban J connectivity index is 2.61. The van der Waals surface area contributed by atoms with Gasteiger partial charge >= 0.3 is 0 Å². The third kappa shape index (κ3) is 2.79. The third-order valence-corrected chi connectivity index (χ3v) is 2.09. The predicted octanol–water partition coefficient (Wildman–Crippen LogP) is 0.365. The van der Waals surface area contributed by atoms with Crippen LogP contribution in [0.4, 0.5) is 0 Å². The van der Waals surface area contributed by atoms with E-state index in [1.807, 2.05) is 4.90 Å². The highest BCUT2D eigenvalue weighted by Gasteiger charge is 2.09. The van der Waals surface area contributed by atoms with Gasteiger partial charge in [0.2, 0.25) is 0 Å². The molecule has 4 heteroatoms. The zero-order valence-electron chi connectivity index (χ0n) is 7.49. The molecule has 0 aliphatic carbocycles. The average molecular weight is 179 g/mol. The van der Waals surface area contributed by atoms with Crippen molar-refractivity contribution in [2.45, 2.75) is 19.3 Å². The second-order valence-electron chi connectivity index (χ2n) is 3.12. The number of hydrogen-bond donors (Lipinski definition) is 1. The molecule has 1 aliphatic rings. The molecule has 0 unspecified atom stereocenters. The largest absolute Gasteiger partial charge is 0.376 e. The lowest BCUT2D eigenvalue weighted by molar-refractivity contribution is -0.114. The van der Waals surface area contributed by atoms with Crippen LogP contribution in [0.3, 0.4) is 0 Å². The molecule has 1 saturated heterocycles. The summed E-state index contributed by atoms with van der Waals surface area (Å²) in [7, 11) is 0. The second kappa shape index (κ2) is 4.51. The lowest BCUT2D eigenvalue weighted by Gasteiger charge is -2.24. The van der Waals surface area contributed by atoms with Gasteiger partial charge in [-0.1, -0.05) is 0 Å². The first-order valence-electron chi connectivity index (χ1n) is 4.40. The third-order valence-electron chi connectivity index (χ3n) is 2.09. The standard InChI is InChI=1S/C9H13N3O/c10-6-8(9(11)13)7-12-4-2-1-3-5-12/h7H,1-5H2,(H2,11,13). The molecule has 13 heavy (non-hydrogen) atoms. The van der Waals surface area contributed by atoms with E-state index in [9.17, 15) is 4.79 Å². The molecule has 1 aliphatic heterocycles. The van der Waals surface area contributed by atoms with Crippen molar-refractivity contribution in [2.24, 2.45) is 5.73 Å². The fraction of sp³-hybridized carbons (Fsp3) is 0.556. The summed E-state index contributed by atoms with van der Waals surface area (Å²) in [6.45, 7) is 1.83. The molecule has 0 radical (unpaired) electrons. The van der Waals surface area contributed by atoms with Gasteiger partial charge in [0.15, 0.2) is 0 Å². The average Bonchev–Trinajstić information content (AvgIpc) is 2.15. The molecule has 0 aromatic heterocycles. The van der Waals surface area contributed by atoms with Crippen LogP contribution in [0.2, 0.25) is 0 Å². The van der Waals surface area contributed by atoms with E-state index in [0.717, 1.165) is 25.9 Å². The molecule has 0 aromatic carbocycles. The topological polar surface area (TPSA) is 70.1 Å². The number of hydrogen-bond acceptors (Lipinski definition) is 3. The molecule has 0 bridgehead atoms. The Hall–Kier alpha value is -1.50. The Bertz CT molecular complexity index is 259. The highest BCUT2D eigenvalue weighted by molar-refractivity contribution is 5.95. The molecule has 0 atom stereocenters. The molecule has 1 fully saturated rings. The van der Waals surface area contributed by atoms with Gasteiger partial charge in [-0.15, -0.1) is 0 Å². The van der Waals surface area contributed by atoms with Crippen molar-refractivity contribution in [3.8, 4) is 6.07 Å². The van der Waals surface area contributed by atoms with Crippen LogP contribution in [0.25, 0.3) is 0 Å². The Morgan fingerprint density at radius 3 is 2.46 bits per heavy atom. The Labute approximate surface area is 77.6 Å². The first kappa shape index (κ1) is 9.59. The number of likely N-dealkylation sites (tertiary alicyclic amines) is 1. The molecule has 0 spiro atoms.